The largest absolute Gasteiger partial charge is 0.453 e. The molecule has 0 aliphatic heterocycles. The molecule has 0 radical (unpaired) electrons. The van der Waals surface area contributed by atoms with E-state index in [0.29, 0.717) is 24.7 Å². The molecular formula is C44H58N8O6. The SMILES string of the molecule is COC(=O)N[C@H](C(=O)N(Cc1ncc(-c2ccc(C#Cc3ccc(-c4cnc(CN(CC(C)C)C(=O)[C@@H](NC(=O)OC)C(C)C)[nH]4)cc3)cc2)[nH]1)CC(C)C)C(C)C. The number of aromatic nitrogens is 4. The number of ether oxygens (including phenoxy) is 2. The number of imidazole rings is 2. The van der Waals surface area contributed by atoms with E-state index in [9.17, 15) is 19.2 Å². The van der Waals surface area contributed by atoms with Crippen molar-refractivity contribution in [2.75, 3.05) is 27.3 Å². The summed E-state index contributed by atoms with van der Waals surface area (Å²) < 4.78 is 9.50. The van der Waals surface area contributed by atoms with Crippen molar-refractivity contribution in [2.45, 2.75) is 80.6 Å². The lowest BCUT2D eigenvalue weighted by Crippen LogP contribution is -2.51. The van der Waals surface area contributed by atoms with Crippen molar-refractivity contribution in [1.29, 1.82) is 0 Å². The first-order valence-corrected chi connectivity index (χ1v) is 19.7. The zero-order valence-electron chi connectivity index (χ0n) is 35.3. The van der Waals surface area contributed by atoms with Gasteiger partial charge < -0.3 is 39.9 Å². The molecule has 4 N–H and O–H groups in total. The van der Waals surface area contributed by atoms with Crippen LogP contribution in [0.1, 0.15) is 78.2 Å². The van der Waals surface area contributed by atoms with Gasteiger partial charge in [0.2, 0.25) is 11.8 Å². The Morgan fingerprint density at radius 2 is 0.948 bits per heavy atom. The molecule has 0 fully saturated rings. The summed E-state index contributed by atoms with van der Waals surface area (Å²) in [5.74, 6) is 7.50. The summed E-state index contributed by atoms with van der Waals surface area (Å²) in [6, 6.07) is 14.2. The molecule has 0 saturated carbocycles. The fourth-order valence-electron chi connectivity index (χ4n) is 6.29. The van der Waals surface area contributed by atoms with Crippen LogP contribution in [0.15, 0.2) is 60.9 Å². The second kappa shape index (κ2) is 20.9. The van der Waals surface area contributed by atoms with E-state index in [-0.39, 0.29) is 48.6 Å². The molecule has 2 atom stereocenters. The highest BCUT2D eigenvalue weighted by Gasteiger charge is 2.31. The Labute approximate surface area is 341 Å². The number of H-pyrrole nitrogens is 2. The third-order valence-corrected chi connectivity index (χ3v) is 9.26. The number of methoxy groups -OCH3 is 2. The minimum absolute atomic E-state index is 0.133. The second-order valence-corrected chi connectivity index (χ2v) is 15.8. The highest BCUT2D eigenvalue weighted by Crippen LogP contribution is 2.21. The molecule has 0 aliphatic carbocycles. The lowest BCUT2D eigenvalue weighted by atomic mass is 10.0. The Morgan fingerprint density at radius 3 is 1.24 bits per heavy atom. The Balaban J connectivity index is 1.40. The summed E-state index contributed by atoms with van der Waals surface area (Å²) in [5.41, 5.74) is 5.17. The van der Waals surface area contributed by atoms with Crippen LogP contribution in [0, 0.1) is 35.5 Å². The van der Waals surface area contributed by atoms with E-state index in [0.717, 1.165) is 33.6 Å². The van der Waals surface area contributed by atoms with E-state index in [1.165, 1.54) is 14.2 Å². The molecule has 0 aliphatic rings. The van der Waals surface area contributed by atoms with E-state index in [1.807, 2.05) is 104 Å². The van der Waals surface area contributed by atoms with Crippen LogP contribution in [0.5, 0.6) is 0 Å². The number of hydrogen-bond donors (Lipinski definition) is 4. The molecular weight excluding hydrogens is 737 g/mol. The van der Waals surface area contributed by atoms with Gasteiger partial charge in [0.15, 0.2) is 0 Å². The first kappa shape index (κ1) is 44.6. The van der Waals surface area contributed by atoms with Crippen LogP contribution >= 0.6 is 0 Å². The van der Waals surface area contributed by atoms with E-state index < -0.39 is 24.3 Å². The van der Waals surface area contributed by atoms with Gasteiger partial charge in [-0.05, 0) is 59.1 Å². The van der Waals surface area contributed by atoms with Crippen molar-refractivity contribution in [1.82, 2.24) is 40.4 Å². The molecule has 0 unspecified atom stereocenters. The molecule has 14 nitrogen and oxygen atoms in total. The van der Waals surface area contributed by atoms with Gasteiger partial charge in [0.1, 0.15) is 23.7 Å². The fraction of sp³-hybridized carbons (Fsp3) is 0.455. The molecule has 14 heteroatoms. The third-order valence-electron chi connectivity index (χ3n) is 9.26. The molecule has 2 heterocycles. The van der Waals surface area contributed by atoms with E-state index in [4.69, 9.17) is 9.47 Å². The van der Waals surface area contributed by atoms with Gasteiger partial charge in [-0.3, -0.25) is 9.59 Å². The Kier molecular flexibility index (Phi) is 16.1. The highest BCUT2D eigenvalue weighted by atomic mass is 16.5. The van der Waals surface area contributed by atoms with Gasteiger partial charge in [0.05, 0.1) is 51.1 Å². The maximum Gasteiger partial charge on any atom is 0.407 e. The minimum atomic E-state index is -0.726. The van der Waals surface area contributed by atoms with Crippen molar-refractivity contribution in [3.05, 3.63) is 83.7 Å². The molecule has 4 rings (SSSR count). The Bertz CT molecular complexity index is 1900. The standard InChI is InChI=1S/C44H58N8O6/c1-27(2)23-51(41(53)39(29(5)6)49-43(55)57-9)25-37-45-21-35(47-37)33-17-13-31(14-18-33)11-12-32-15-19-34(20-16-32)36-22-46-38(48-36)26-52(24-28(3)4)42(54)40(30(7)8)50-44(56)58-10/h13-22,27-30,39-40H,23-26H2,1-10H3,(H,45,47)(H,46,48)(H,49,55)(H,50,56)/t39-,40-/m0/s1. The monoisotopic (exact) mass is 794 g/mol. The second-order valence-electron chi connectivity index (χ2n) is 15.8. The molecule has 310 valence electrons. The van der Waals surface area contributed by atoms with Gasteiger partial charge in [-0.15, -0.1) is 0 Å². The lowest BCUT2D eigenvalue weighted by Gasteiger charge is -2.30. The maximum atomic E-state index is 13.6. The maximum absolute atomic E-state index is 13.6. The molecule has 4 aromatic rings. The van der Waals surface area contributed by atoms with Crippen LogP contribution in [-0.4, -0.2) is 93.1 Å². The molecule has 2 aromatic carbocycles. The number of amides is 4. The number of benzene rings is 2. The van der Waals surface area contributed by atoms with Gasteiger partial charge in [0, 0.05) is 24.2 Å². The summed E-state index contributed by atoms with van der Waals surface area (Å²) in [5, 5.41) is 5.35. The third kappa shape index (κ3) is 12.7. The number of rotatable bonds is 16. The van der Waals surface area contributed by atoms with E-state index in [1.54, 1.807) is 22.2 Å². The number of carbonyl (C=O) groups excluding carboxylic acids is 4. The number of carbonyl (C=O) groups is 4. The van der Waals surface area contributed by atoms with Crippen LogP contribution in [-0.2, 0) is 32.2 Å². The Hall–Kier alpha value is -6.10. The minimum Gasteiger partial charge on any atom is -0.453 e. The average Bonchev–Trinajstić information content (AvgIpc) is 3.87. The topological polar surface area (TPSA) is 175 Å². The molecule has 58 heavy (non-hydrogen) atoms. The molecule has 0 bridgehead atoms. The van der Waals surface area contributed by atoms with E-state index >= 15 is 0 Å². The quantitative estimate of drug-likeness (QED) is 0.0919. The normalized spacial score (nSPS) is 12.2. The number of alkyl carbamates (subject to hydrolysis) is 2. The molecule has 0 spiro atoms. The highest BCUT2D eigenvalue weighted by molar-refractivity contribution is 5.86. The van der Waals surface area contributed by atoms with Crippen molar-refractivity contribution < 1.29 is 28.7 Å². The van der Waals surface area contributed by atoms with Gasteiger partial charge in [-0.2, -0.15) is 0 Å². The van der Waals surface area contributed by atoms with Crippen LogP contribution in [0.25, 0.3) is 22.5 Å². The van der Waals surface area contributed by atoms with Crippen LogP contribution in [0.2, 0.25) is 0 Å². The van der Waals surface area contributed by atoms with Gasteiger partial charge in [-0.25, -0.2) is 19.6 Å². The predicted octanol–water partition coefficient (Wildman–Crippen LogP) is 6.60. The van der Waals surface area contributed by atoms with E-state index in [2.05, 4.69) is 42.4 Å². The summed E-state index contributed by atoms with van der Waals surface area (Å²) in [6.45, 7) is 17.2. The fourth-order valence-corrected chi connectivity index (χ4v) is 6.29. The van der Waals surface area contributed by atoms with Crippen molar-refractivity contribution in [3.63, 3.8) is 0 Å². The molecule has 2 aromatic heterocycles. The first-order valence-electron chi connectivity index (χ1n) is 19.7. The summed E-state index contributed by atoms with van der Waals surface area (Å²) >= 11 is 0. The van der Waals surface area contributed by atoms with Crippen LogP contribution in [0.4, 0.5) is 9.59 Å². The number of nitrogens with one attached hydrogen (secondary N) is 4. The van der Waals surface area contributed by atoms with Crippen molar-refractivity contribution >= 4 is 24.0 Å². The number of aromatic amines is 2. The Morgan fingerprint density at radius 1 is 0.603 bits per heavy atom. The summed E-state index contributed by atoms with van der Waals surface area (Å²) in [7, 11) is 2.56. The summed E-state index contributed by atoms with van der Waals surface area (Å²) in [4.78, 5) is 70.3. The number of hydrogen-bond acceptors (Lipinski definition) is 8. The zero-order valence-corrected chi connectivity index (χ0v) is 35.3. The van der Waals surface area contributed by atoms with Gasteiger partial charge in [-0.1, -0.05) is 91.5 Å². The molecule has 4 amide bonds. The van der Waals surface area contributed by atoms with Crippen molar-refractivity contribution in [2.24, 2.45) is 23.7 Å². The smallest absolute Gasteiger partial charge is 0.407 e. The first-order chi connectivity index (χ1) is 27.6. The molecule has 0 saturated heterocycles. The predicted molar refractivity (Wildman–Crippen MR) is 223 cm³/mol. The number of nitrogens with zero attached hydrogens (tertiary/aromatic N) is 4. The zero-order chi connectivity index (χ0) is 42.5. The van der Waals surface area contributed by atoms with Gasteiger partial charge in [0.25, 0.3) is 0 Å². The van der Waals surface area contributed by atoms with Crippen molar-refractivity contribution in [3.8, 4) is 34.4 Å². The van der Waals surface area contributed by atoms with Crippen LogP contribution in [0.3, 0.4) is 0 Å². The van der Waals surface area contributed by atoms with Crippen LogP contribution < -0.4 is 10.6 Å². The lowest BCUT2D eigenvalue weighted by molar-refractivity contribution is -0.136. The van der Waals surface area contributed by atoms with Gasteiger partial charge >= 0.3 is 12.2 Å². The average molecular weight is 795 g/mol. The summed E-state index contributed by atoms with van der Waals surface area (Å²) in [6.07, 6.45) is 2.21.